The number of aryl methyl sites for hydroxylation is 4. The number of hydrogen-bond acceptors (Lipinski definition) is 6. The van der Waals surface area contributed by atoms with E-state index in [2.05, 4.69) is 41.0 Å². The van der Waals surface area contributed by atoms with Crippen LogP contribution >= 0.6 is 0 Å². The molecule has 0 fully saturated rings. The summed E-state index contributed by atoms with van der Waals surface area (Å²) in [5.74, 6) is 1.90. The molecule has 20 heteroatoms. The van der Waals surface area contributed by atoms with E-state index in [1.165, 1.54) is 25.1 Å². The second-order valence-electron chi connectivity index (χ2n) is 31.1. The fourth-order valence-corrected chi connectivity index (χ4v) is 16.7. The highest BCUT2D eigenvalue weighted by atomic mass is 19.4. The predicted molar refractivity (Wildman–Crippen MR) is 466 cm³/mol. The first-order valence-electron chi connectivity index (χ1n) is 39.6. The highest BCUT2D eigenvalue weighted by Crippen LogP contribution is 2.48. The first-order chi connectivity index (χ1) is 59.5. The third kappa shape index (κ3) is 15.3. The first kappa shape index (κ1) is 78.9. The fourth-order valence-electron chi connectivity index (χ4n) is 16.7. The lowest BCUT2D eigenvalue weighted by atomic mass is 9.95. The maximum atomic E-state index is 14.7. The molecule has 124 heavy (non-hydrogen) atoms. The summed E-state index contributed by atoms with van der Waals surface area (Å²) < 4.78 is 180. The van der Waals surface area contributed by atoms with Crippen molar-refractivity contribution in [2.24, 2.45) is 0 Å². The Morgan fingerprint density at radius 2 is 0.419 bits per heavy atom. The van der Waals surface area contributed by atoms with Gasteiger partial charge in [-0.05, 0) is 227 Å². The van der Waals surface area contributed by atoms with Crippen LogP contribution in [0, 0.1) is 27.7 Å². The van der Waals surface area contributed by atoms with E-state index in [0.717, 1.165) is 84.5 Å². The van der Waals surface area contributed by atoms with Crippen LogP contribution in [0.4, 0.5) is 52.7 Å². The Bertz CT molecular complexity index is 7280. The molecule has 0 saturated carbocycles. The molecule has 0 atom stereocenters. The molecule has 0 aliphatic rings. The molecule has 0 saturated heterocycles. The zero-order valence-corrected chi connectivity index (χ0v) is 66.3. The Labute approximate surface area is 702 Å². The molecule has 0 aliphatic heterocycles. The van der Waals surface area contributed by atoms with Gasteiger partial charge in [-0.25, -0.2) is 29.9 Å². The molecule has 0 radical (unpaired) electrons. The van der Waals surface area contributed by atoms with Gasteiger partial charge in [-0.15, -0.1) is 0 Å². The lowest BCUT2D eigenvalue weighted by Gasteiger charge is -2.18. The highest BCUT2D eigenvalue weighted by Gasteiger charge is 2.38. The standard InChI is InChI=1S/C104H66F12N8/c1-59-40-60(2)42-75(41-59)71-30-34-89-83(52-71)84-53-72(76-43-61(3)45-79(48-76)101(105,106)107)31-35-90(84)123(89)93-38-28-69(56-87(93)99-119-95(63-18-9-5-10-19-63)117-96(120-99)64-20-11-6-12-21-64)67-26-17-27-68(47-67)70-29-39-94(88(57-70)100-121-97(65-22-13-7-14-23-65)118-98(122-100)66-24-15-8-16-25-66)124-91-36-32-73(77-44-62(4)46-80(49-77)102(108,109)110)54-85(91)86-55-74(33-37-92(86)124)78-50-81(103(111,112)113)58-82(51-78)104(114,115)116/h5-58H,1-4H3. The van der Waals surface area contributed by atoms with Crippen LogP contribution in [0.25, 0.3) is 190 Å². The number of hydrogen-bond donors (Lipinski definition) is 0. The Morgan fingerprint density at radius 1 is 0.185 bits per heavy atom. The van der Waals surface area contributed by atoms with Crippen molar-refractivity contribution in [3.05, 3.63) is 372 Å². The molecule has 0 bridgehead atoms. The second kappa shape index (κ2) is 30.6. The van der Waals surface area contributed by atoms with Crippen molar-refractivity contribution in [2.45, 2.75) is 52.4 Å². The van der Waals surface area contributed by atoms with Gasteiger partial charge in [0, 0.05) is 54.9 Å². The van der Waals surface area contributed by atoms with Crippen LogP contribution < -0.4 is 0 Å². The van der Waals surface area contributed by atoms with Gasteiger partial charge in [-0.2, -0.15) is 52.7 Å². The quantitative estimate of drug-likeness (QED) is 0.101. The molecule has 0 aliphatic carbocycles. The van der Waals surface area contributed by atoms with Crippen molar-refractivity contribution in [1.29, 1.82) is 0 Å². The number of aromatic nitrogens is 8. The van der Waals surface area contributed by atoms with Crippen molar-refractivity contribution >= 4 is 43.6 Å². The van der Waals surface area contributed by atoms with Gasteiger partial charge in [0.2, 0.25) is 0 Å². The lowest BCUT2D eigenvalue weighted by molar-refractivity contribution is -0.143. The fraction of sp³-hybridized carbons (Fsp3) is 0.0769. The highest BCUT2D eigenvalue weighted by molar-refractivity contribution is 6.14. The van der Waals surface area contributed by atoms with Gasteiger partial charge in [-0.1, -0.05) is 217 Å². The molecule has 15 aromatic carbocycles. The molecule has 0 unspecified atom stereocenters. The lowest BCUT2D eigenvalue weighted by Crippen LogP contribution is -2.11. The average molecular weight is 1660 g/mol. The minimum atomic E-state index is -5.18. The van der Waals surface area contributed by atoms with Crippen molar-refractivity contribution in [1.82, 2.24) is 39.0 Å². The molecule has 4 aromatic heterocycles. The van der Waals surface area contributed by atoms with Crippen LogP contribution in [0.2, 0.25) is 0 Å². The molecule has 0 amide bonds. The van der Waals surface area contributed by atoms with E-state index in [1.54, 1.807) is 43.3 Å². The number of rotatable bonds is 14. The van der Waals surface area contributed by atoms with Gasteiger partial charge >= 0.3 is 24.7 Å². The van der Waals surface area contributed by atoms with Crippen LogP contribution in [0.5, 0.6) is 0 Å². The molecule has 0 N–H and O–H groups in total. The summed E-state index contributed by atoms with van der Waals surface area (Å²) in [5.41, 5.74) is 11.2. The monoisotopic (exact) mass is 1650 g/mol. The summed E-state index contributed by atoms with van der Waals surface area (Å²) in [7, 11) is 0. The van der Waals surface area contributed by atoms with Crippen molar-refractivity contribution in [2.75, 3.05) is 0 Å². The normalized spacial score (nSPS) is 12.2. The number of benzene rings is 15. The maximum absolute atomic E-state index is 14.7. The van der Waals surface area contributed by atoms with Crippen LogP contribution in [0.1, 0.15) is 44.5 Å². The first-order valence-corrected chi connectivity index (χ1v) is 39.6. The van der Waals surface area contributed by atoms with E-state index in [-0.39, 0.29) is 23.0 Å². The molecule has 8 nitrogen and oxygen atoms in total. The van der Waals surface area contributed by atoms with Gasteiger partial charge in [-0.3, -0.25) is 0 Å². The Balaban J connectivity index is 0.838. The van der Waals surface area contributed by atoms with Crippen molar-refractivity contribution in [3.63, 3.8) is 0 Å². The number of halogens is 12. The molecular weight excluding hydrogens is 1590 g/mol. The molecule has 19 rings (SSSR count). The Morgan fingerprint density at radius 3 is 0.718 bits per heavy atom. The largest absolute Gasteiger partial charge is 0.416 e. The topological polar surface area (TPSA) is 87.2 Å². The number of alkyl halides is 12. The van der Waals surface area contributed by atoms with Crippen LogP contribution in [-0.4, -0.2) is 39.0 Å². The molecular formula is C104H66F12N8. The third-order valence-electron chi connectivity index (χ3n) is 22.4. The summed E-state index contributed by atoms with van der Waals surface area (Å²) in [4.78, 5) is 31.4. The third-order valence-corrected chi connectivity index (χ3v) is 22.4. The zero-order valence-electron chi connectivity index (χ0n) is 66.3. The predicted octanol–water partition coefficient (Wildman–Crippen LogP) is 29.6. The van der Waals surface area contributed by atoms with E-state index in [4.69, 9.17) is 29.9 Å². The van der Waals surface area contributed by atoms with Crippen molar-refractivity contribution in [3.8, 4) is 146 Å². The van der Waals surface area contributed by atoms with Crippen molar-refractivity contribution < 1.29 is 52.7 Å². The zero-order chi connectivity index (χ0) is 85.8. The van der Waals surface area contributed by atoms with Crippen LogP contribution in [-0.2, 0) is 24.7 Å². The van der Waals surface area contributed by atoms with Crippen LogP contribution in [0.15, 0.2) is 328 Å². The molecule has 606 valence electrons. The van der Waals surface area contributed by atoms with E-state index >= 15 is 0 Å². The smallest absolute Gasteiger partial charge is 0.308 e. The van der Waals surface area contributed by atoms with E-state index < -0.39 is 52.5 Å². The Kier molecular flexibility index (Phi) is 19.5. The summed E-state index contributed by atoms with van der Waals surface area (Å²) >= 11 is 0. The van der Waals surface area contributed by atoms with Gasteiger partial charge < -0.3 is 9.13 Å². The summed E-state index contributed by atoms with van der Waals surface area (Å²) in [6.45, 7) is 7.28. The van der Waals surface area contributed by atoms with E-state index in [0.29, 0.717) is 136 Å². The summed E-state index contributed by atoms with van der Waals surface area (Å²) in [5, 5.41) is 2.30. The molecule has 0 spiro atoms. The van der Waals surface area contributed by atoms with E-state index in [1.807, 2.05) is 219 Å². The van der Waals surface area contributed by atoms with Crippen LogP contribution in [0.3, 0.4) is 0 Å². The number of nitrogens with zero attached hydrogens (tertiary/aromatic N) is 8. The van der Waals surface area contributed by atoms with Gasteiger partial charge in [0.1, 0.15) is 0 Å². The second-order valence-corrected chi connectivity index (χ2v) is 31.1. The summed E-state index contributed by atoms with van der Waals surface area (Å²) in [6, 6.07) is 94.5. The molecule has 19 aromatic rings. The van der Waals surface area contributed by atoms with Gasteiger partial charge in [0.25, 0.3) is 0 Å². The minimum absolute atomic E-state index is 0.0153. The van der Waals surface area contributed by atoms with E-state index in [9.17, 15) is 52.7 Å². The minimum Gasteiger partial charge on any atom is -0.308 e. The Hall–Kier alpha value is -14.9. The average Bonchev–Trinajstić information content (AvgIpc) is 1.57. The maximum Gasteiger partial charge on any atom is 0.416 e. The van der Waals surface area contributed by atoms with Gasteiger partial charge in [0.05, 0.1) is 55.7 Å². The van der Waals surface area contributed by atoms with Gasteiger partial charge in [0.15, 0.2) is 34.9 Å². The molecule has 4 heterocycles. The number of fused-ring (bicyclic) bond motifs is 6. The SMILES string of the molecule is Cc1cc(C)cc(-c2ccc3c(c2)c2cc(-c4cc(C)cc(C(F)(F)F)c4)ccc2n3-c2ccc(-c3cccc(-c4ccc(-n5c6ccc(-c7cc(C)cc(C(F)(F)F)c7)cc6c6cc(-c7cc(C(F)(F)F)cc(C(F)(F)F)c7)ccc65)c(-c5nc(-c6ccccc6)nc(-c6ccccc6)n5)c4)c3)cc2-c2nc(-c3ccccc3)nc(-c3ccccc3)n2)c1. The summed E-state index contributed by atoms with van der Waals surface area (Å²) in [6.07, 6.45) is -19.7.